The second kappa shape index (κ2) is 8.80. The minimum atomic E-state index is -2.12. The van der Waals surface area contributed by atoms with Crippen molar-refractivity contribution in [3.63, 3.8) is 0 Å². The van der Waals surface area contributed by atoms with E-state index < -0.39 is 34.6 Å². The van der Waals surface area contributed by atoms with Crippen LogP contribution in [-0.2, 0) is 6.42 Å². The normalized spacial score (nSPS) is 11.5. The van der Waals surface area contributed by atoms with E-state index in [1.54, 1.807) is 6.08 Å². The first kappa shape index (κ1) is 17.7. The Labute approximate surface area is 121 Å². The summed E-state index contributed by atoms with van der Waals surface area (Å²) in [6.07, 6.45) is 9.07. The van der Waals surface area contributed by atoms with Crippen LogP contribution in [0.2, 0.25) is 0 Å². The Hall–Kier alpha value is -1.39. The number of unbranched alkanes of at least 4 members (excludes halogenated alkanes) is 5. The lowest BCUT2D eigenvalue weighted by molar-refractivity contribution is 0.371. The maximum Gasteiger partial charge on any atom is 0.200 e. The molecule has 0 aliphatic rings. The highest BCUT2D eigenvalue weighted by Gasteiger charge is 2.24. The van der Waals surface area contributed by atoms with E-state index in [-0.39, 0.29) is 6.42 Å². The van der Waals surface area contributed by atoms with Crippen molar-refractivity contribution in [2.24, 2.45) is 0 Å². The summed E-state index contributed by atoms with van der Waals surface area (Å²) < 4.78 is 65.5. The molecule has 0 atom stereocenters. The molecule has 0 nitrogen and oxygen atoms in total. The summed E-state index contributed by atoms with van der Waals surface area (Å²) >= 11 is 0. The van der Waals surface area contributed by atoms with Crippen LogP contribution in [0.3, 0.4) is 0 Å². The number of rotatable bonds is 8. The Balaban J connectivity index is 2.56. The Morgan fingerprint density at radius 3 is 1.76 bits per heavy atom. The van der Waals surface area contributed by atoms with Crippen LogP contribution in [0.5, 0.6) is 0 Å². The molecular formula is C16H19F5. The van der Waals surface area contributed by atoms with Crippen molar-refractivity contribution in [3.05, 3.63) is 46.8 Å². The molecule has 0 unspecified atom stereocenters. The predicted molar refractivity (Wildman–Crippen MR) is 72.5 cm³/mol. The van der Waals surface area contributed by atoms with Gasteiger partial charge in [-0.1, -0.05) is 44.8 Å². The maximum atomic E-state index is 13.4. The first-order chi connectivity index (χ1) is 10.0. The zero-order valence-electron chi connectivity index (χ0n) is 12.0. The van der Waals surface area contributed by atoms with Gasteiger partial charge in [-0.3, -0.25) is 0 Å². The molecule has 0 N–H and O–H groups in total. The average molecular weight is 306 g/mol. The molecule has 1 rings (SSSR count). The van der Waals surface area contributed by atoms with Crippen LogP contribution in [0.1, 0.15) is 51.0 Å². The Kier molecular flexibility index (Phi) is 7.40. The standard InChI is InChI=1S/C16H19F5/c1-2-3-4-5-6-7-8-9-10-11-12(17)14(19)16(21)15(20)13(11)18/h8-9H,2-7,10H2,1H3/b9-8-. The second-order valence-corrected chi connectivity index (χ2v) is 4.93. The number of allylic oxidation sites excluding steroid dienone is 2. The molecule has 0 radical (unpaired) electrons. The van der Waals surface area contributed by atoms with Gasteiger partial charge in [0, 0.05) is 5.56 Å². The lowest BCUT2D eigenvalue weighted by atomic mass is 10.1. The highest BCUT2D eigenvalue weighted by atomic mass is 19.2. The maximum absolute atomic E-state index is 13.4. The van der Waals surface area contributed by atoms with E-state index >= 15 is 0 Å². The number of hydrogen-bond acceptors (Lipinski definition) is 0. The van der Waals surface area contributed by atoms with Crippen LogP contribution in [0, 0.1) is 29.1 Å². The van der Waals surface area contributed by atoms with Crippen LogP contribution >= 0.6 is 0 Å². The molecule has 0 heterocycles. The Morgan fingerprint density at radius 2 is 1.19 bits per heavy atom. The molecule has 0 saturated carbocycles. The quantitative estimate of drug-likeness (QED) is 0.186. The number of halogens is 5. The molecule has 0 fully saturated rings. The molecule has 0 aliphatic heterocycles. The third kappa shape index (κ3) is 4.83. The summed E-state index contributed by atoms with van der Waals surface area (Å²) in [5, 5.41) is 0. The Morgan fingerprint density at radius 1 is 0.667 bits per heavy atom. The van der Waals surface area contributed by atoms with Gasteiger partial charge in [0.15, 0.2) is 23.3 Å². The fourth-order valence-electron chi connectivity index (χ4n) is 2.01. The fraction of sp³-hybridized carbons (Fsp3) is 0.500. The summed E-state index contributed by atoms with van der Waals surface area (Å²) in [6.45, 7) is 2.12. The minimum Gasteiger partial charge on any atom is -0.203 e. The molecule has 0 saturated heterocycles. The van der Waals surface area contributed by atoms with Crippen LogP contribution in [0.25, 0.3) is 0 Å². The van der Waals surface area contributed by atoms with E-state index in [1.807, 2.05) is 0 Å². The molecule has 0 aromatic heterocycles. The molecule has 0 aliphatic carbocycles. The molecule has 0 amide bonds. The monoisotopic (exact) mass is 306 g/mol. The summed E-state index contributed by atoms with van der Waals surface area (Å²) in [4.78, 5) is 0. The third-order valence-corrected chi connectivity index (χ3v) is 3.26. The van der Waals surface area contributed by atoms with Gasteiger partial charge < -0.3 is 0 Å². The molecular weight excluding hydrogens is 287 g/mol. The lowest BCUT2D eigenvalue weighted by Crippen LogP contribution is -2.06. The number of hydrogen-bond donors (Lipinski definition) is 0. The van der Waals surface area contributed by atoms with Crippen molar-refractivity contribution in [3.8, 4) is 0 Å². The summed E-state index contributed by atoms with van der Waals surface area (Å²) in [5.74, 6) is -9.40. The smallest absolute Gasteiger partial charge is 0.200 e. The summed E-state index contributed by atoms with van der Waals surface area (Å²) in [6, 6.07) is 0. The van der Waals surface area contributed by atoms with Crippen molar-refractivity contribution in [2.45, 2.75) is 51.9 Å². The molecule has 1 aromatic rings. The van der Waals surface area contributed by atoms with Crippen LogP contribution in [0.15, 0.2) is 12.2 Å². The fourth-order valence-corrected chi connectivity index (χ4v) is 2.01. The van der Waals surface area contributed by atoms with Crippen molar-refractivity contribution >= 4 is 0 Å². The molecule has 5 heteroatoms. The van der Waals surface area contributed by atoms with Crippen molar-refractivity contribution in [1.82, 2.24) is 0 Å². The van der Waals surface area contributed by atoms with E-state index in [0.29, 0.717) is 0 Å². The topological polar surface area (TPSA) is 0 Å². The van der Waals surface area contributed by atoms with Crippen LogP contribution in [0.4, 0.5) is 22.0 Å². The zero-order chi connectivity index (χ0) is 15.8. The van der Waals surface area contributed by atoms with Gasteiger partial charge in [0.1, 0.15) is 0 Å². The van der Waals surface area contributed by atoms with Crippen molar-refractivity contribution in [2.75, 3.05) is 0 Å². The van der Waals surface area contributed by atoms with E-state index in [9.17, 15) is 22.0 Å². The van der Waals surface area contributed by atoms with Gasteiger partial charge in [-0.2, -0.15) is 0 Å². The van der Waals surface area contributed by atoms with Gasteiger partial charge in [-0.15, -0.1) is 0 Å². The SMILES string of the molecule is CCCCCCC/C=C\Cc1c(F)c(F)c(F)c(F)c1F. The molecule has 1 aromatic carbocycles. The average Bonchev–Trinajstić information content (AvgIpc) is 2.49. The van der Waals surface area contributed by atoms with Crippen molar-refractivity contribution < 1.29 is 22.0 Å². The summed E-state index contributed by atoms with van der Waals surface area (Å²) in [5.41, 5.74) is -0.784. The van der Waals surface area contributed by atoms with Gasteiger partial charge in [0.2, 0.25) is 5.82 Å². The highest BCUT2D eigenvalue weighted by Crippen LogP contribution is 2.23. The van der Waals surface area contributed by atoms with E-state index in [1.165, 1.54) is 12.5 Å². The van der Waals surface area contributed by atoms with Gasteiger partial charge in [0.05, 0.1) is 0 Å². The van der Waals surface area contributed by atoms with Crippen molar-refractivity contribution in [1.29, 1.82) is 0 Å². The predicted octanol–water partition coefficient (Wildman–Crippen LogP) is 5.84. The van der Waals surface area contributed by atoms with Crippen LogP contribution < -0.4 is 0 Å². The van der Waals surface area contributed by atoms with Gasteiger partial charge in [-0.25, -0.2) is 22.0 Å². The van der Waals surface area contributed by atoms with Gasteiger partial charge in [0.25, 0.3) is 0 Å². The van der Waals surface area contributed by atoms with E-state index in [0.717, 1.165) is 32.1 Å². The molecule has 0 spiro atoms. The lowest BCUT2D eigenvalue weighted by Gasteiger charge is -2.05. The Bertz CT molecular complexity index is 465. The first-order valence-electron chi connectivity index (χ1n) is 7.16. The second-order valence-electron chi connectivity index (χ2n) is 4.93. The summed E-state index contributed by atoms with van der Waals surface area (Å²) in [7, 11) is 0. The van der Waals surface area contributed by atoms with Crippen LogP contribution in [-0.4, -0.2) is 0 Å². The highest BCUT2D eigenvalue weighted by molar-refractivity contribution is 5.25. The van der Waals surface area contributed by atoms with E-state index in [2.05, 4.69) is 6.92 Å². The zero-order valence-corrected chi connectivity index (χ0v) is 12.0. The van der Waals surface area contributed by atoms with E-state index in [4.69, 9.17) is 0 Å². The molecule has 118 valence electrons. The minimum absolute atomic E-state index is 0.305. The molecule has 21 heavy (non-hydrogen) atoms. The first-order valence-corrected chi connectivity index (χ1v) is 7.16. The van der Waals surface area contributed by atoms with Gasteiger partial charge in [-0.05, 0) is 19.3 Å². The van der Waals surface area contributed by atoms with Gasteiger partial charge >= 0.3 is 0 Å². The third-order valence-electron chi connectivity index (χ3n) is 3.26. The number of benzene rings is 1. The largest absolute Gasteiger partial charge is 0.203 e. The molecule has 0 bridgehead atoms.